The third-order valence-electron chi connectivity index (χ3n) is 3.00. The third-order valence-corrected chi connectivity index (χ3v) is 4.31. The number of aromatic hydroxyl groups is 1. The topological polar surface area (TPSA) is 104 Å². The summed E-state index contributed by atoms with van der Waals surface area (Å²) >= 11 is 0. The summed E-state index contributed by atoms with van der Waals surface area (Å²) < 4.78 is 25.8. The molecule has 1 saturated carbocycles. The number of carboxylic acids is 1. The molecule has 104 valence electrons. The zero-order valence-electron chi connectivity index (χ0n) is 10.2. The summed E-state index contributed by atoms with van der Waals surface area (Å²) in [7, 11) is -3.50. The quantitative estimate of drug-likeness (QED) is 0.689. The summed E-state index contributed by atoms with van der Waals surface area (Å²) in [6.45, 7) is 0. The Labute approximate surface area is 111 Å². The van der Waals surface area contributed by atoms with Gasteiger partial charge >= 0.3 is 5.97 Å². The van der Waals surface area contributed by atoms with E-state index < -0.39 is 21.7 Å². The van der Waals surface area contributed by atoms with Gasteiger partial charge in [-0.25, -0.2) is 13.2 Å². The molecule has 0 spiro atoms. The van der Waals surface area contributed by atoms with Crippen LogP contribution < -0.4 is 4.72 Å². The molecule has 1 aromatic carbocycles. The van der Waals surface area contributed by atoms with Crippen molar-refractivity contribution >= 4 is 21.7 Å². The fourth-order valence-electron chi connectivity index (χ4n) is 1.70. The lowest BCUT2D eigenvalue weighted by atomic mass is 10.2. The van der Waals surface area contributed by atoms with Gasteiger partial charge in [0.1, 0.15) is 5.75 Å². The van der Waals surface area contributed by atoms with Crippen LogP contribution in [0.1, 0.15) is 29.6 Å². The van der Waals surface area contributed by atoms with Crippen molar-refractivity contribution in [3.63, 3.8) is 0 Å². The van der Waals surface area contributed by atoms with Gasteiger partial charge in [-0.05, 0) is 30.5 Å². The normalized spacial score (nSPS) is 15.2. The molecule has 19 heavy (non-hydrogen) atoms. The van der Waals surface area contributed by atoms with E-state index in [9.17, 15) is 18.3 Å². The minimum Gasteiger partial charge on any atom is -0.506 e. The van der Waals surface area contributed by atoms with Crippen LogP contribution in [0.3, 0.4) is 0 Å². The summed E-state index contributed by atoms with van der Waals surface area (Å²) in [6.07, 6.45) is 2.77. The Kier molecular flexibility index (Phi) is 3.66. The van der Waals surface area contributed by atoms with Crippen molar-refractivity contribution in [2.24, 2.45) is 5.92 Å². The Morgan fingerprint density at radius 2 is 2.05 bits per heavy atom. The number of hydrogen-bond donors (Lipinski definition) is 3. The Morgan fingerprint density at radius 3 is 2.58 bits per heavy atom. The van der Waals surface area contributed by atoms with Gasteiger partial charge in [0.15, 0.2) is 0 Å². The van der Waals surface area contributed by atoms with Gasteiger partial charge in [-0.3, -0.25) is 4.72 Å². The van der Waals surface area contributed by atoms with Gasteiger partial charge in [0, 0.05) is 0 Å². The zero-order chi connectivity index (χ0) is 14.0. The Morgan fingerprint density at radius 1 is 1.37 bits per heavy atom. The second-order valence-corrected chi connectivity index (χ2v) is 6.53. The predicted molar refractivity (Wildman–Crippen MR) is 69.8 cm³/mol. The zero-order valence-corrected chi connectivity index (χ0v) is 11.0. The maximum absolute atomic E-state index is 11.8. The Bertz CT molecular complexity index is 592. The molecule has 0 aromatic heterocycles. The summed E-state index contributed by atoms with van der Waals surface area (Å²) in [6, 6.07) is 3.50. The van der Waals surface area contributed by atoms with Crippen molar-refractivity contribution in [1.29, 1.82) is 0 Å². The number of phenols is 1. The van der Waals surface area contributed by atoms with Crippen molar-refractivity contribution in [3.8, 4) is 5.75 Å². The third kappa shape index (κ3) is 3.85. The van der Waals surface area contributed by atoms with Gasteiger partial charge in [-0.2, -0.15) is 0 Å². The van der Waals surface area contributed by atoms with Crippen molar-refractivity contribution in [1.82, 2.24) is 0 Å². The van der Waals surface area contributed by atoms with Gasteiger partial charge in [0.25, 0.3) is 0 Å². The highest BCUT2D eigenvalue weighted by molar-refractivity contribution is 7.92. The molecule has 0 atom stereocenters. The van der Waals surface area contributed by atoms with Crippen molar-refractivity contribution < 1.29 is 23.4 Å². The molecular weight excluding hydrogens is 270 g/mol. The fourth-order valence-corrected chi connectivity index (χ4v) is 2.95. The Hall–Kier alpha value is -1.76. The van der Waals surface area contributed by atoms with E-state index in [4.69, 9.17) is 5.11 Å². The number of nitrogens with one attached hydrogen (secondary N) is 1. The van der Waals surface area contributed by atoms with E-state index in [0.29, 0.717) is 12.3 Å². The molecule has 1 aliphatic carbocycles. The molecule has 2 rings (SSSR count). The minimum atomic E-state index is -3.50. The highest BCUT2D eigenvalue weighted by Crippen LogP contribution is 2.33. The smallest absolute Gasteiger partial charge is 0.335 e. The van der Waals surface area contributed by atoms with Crippen LogP contribution in [0.15, 0.2) is 18.2 Å². The molecule has 6 nitrogen and oxygen atoms in total. The van der Waals surface area contributed by atoms with Crippen LogP contribution >= 0.6 is 0 Å². The molecule has 0 amide bonds. The molecule has 0 radical (unpaired) electrons. The lowest BCUT2D eigenvalue weighted by Crippen LogP contribution is -2.17. The largest absolute Gasteiger partial charge is 0.506 e. The van der Waals surface area contributed by atoms with Crippen LogP contribution in [0.2, 0.25) is 0 Å². The second-order valence-electron chi connectivity index (χ2n) is 4.69. The van der Waals surface area contributed by atoms with Crippen molar-refractivity contribution in [2.45, 2.75) is 19.3 Å². The minimum absolute atomic E-state index is 0.000738. The van der Waals surface area contributed by atoms with Crippen LogP contribution in [0.5, 0.6) is 5.75 Å². The molecule has 0 heterocycles. The van der Waals surface area contributed by atoms with E-state index in [1.165, 1.54) is 12.1 Å². The second kappa shape index (κ2) is 5.08. The maximum atomic E-state index is 11.8. The molecule has 3 N–H and O–H groups in total. The van der Waals surface area contributed by atoms with Gasteiger partial charge in [-0.1, -0.05) is 12.8 Å². The molecule has 1 aromatic rings. The van der Waals surface area contributed by atoms with Crippen molar-refractivity contribution in [2.75, 3.05) is 10.5 Å². The van der Waals surface area contributed by atoms with Gasteiger partial charge < -0.3 is 10.2 Å². The number of hydrogen-bond acceptors (Lipinski definition) is 4. The fraction of sp³-hybridized carbons (Fsp3) is 0.417. The number of phenolic OH excluding ortho intramolecular Hbond substituents is 1. The van der Waals surface area contributed by atoms with E-state index in [-0.39, 0.29) is 17.0 Å². The van der Waals surface area contributed by atoms with Crippen LogP contribution in [-0.4, -0.2) is 30.4 Å². The Balaban J connectivity index is 2.07. The molecule has 0 unspecified atom stereocenters. The molecule has 1 aliphatic rings. The van der Waals surface area contributed by atoms with Gasteiger partial charge in [-0.15, -0.1) is 0 Å². The number of carbonyl (C=O) groups is 1. The van der Waals surface area contributed by atoms with Crippen LogP contribution in [0.25, 0.3) is 0 Å². The maximum Gasteiger partial charge on any atom is 0.335 e. The molecular formula is C12H15NO5S. The molecule has 0 bridgehead atoms. The first-order valence-electron chi connectivity index (χ1n) is 5.94. The number of carboxylic acid groups (broad SMARTS) is 1. The molecule has 1 fully saturated rings. The summed E-state index contributed by atoms with van der Waals surface area (Å²) in [5.74, 6) is -1.06. The van der Waals surface area contributed by atoms with Crippen LogP contribution in [-0.2, 0) is 10.0 Å². The summed E-state index contributed by atoms with van der Waals surface area (Å²) in [4.78, 5) is 10.7. The van der Waals surface area contributed by atoms with E-state index in [0.717, 1.165) is 18.9 Å². The van der Waals surface area contributed by atoms with E-state index in [2.05, 4.69) is 4.72 Å². The standard InChI is InChI=1S/C12H15NO5S/c14-11-7-9(12(15)16)3-4-10(11)13-19(17,18)6-5-8-1-2-8/h3-4,7-8,13-14H,1-2,5-6H2,(H,15,16). The average Bonchev–Trinajstić information content (AvgIpc) is 3.13. The van der Waals surface area contributed by atoms with Gasteiger partial charge in [0.05, 0.1) is 17.0 Å². The first-order valence-corrected chi connectivity index (χ1v) is 7.59. The molecule has 0 aliphatic heterocycles. The molecule has 7 heteroatoms. The monoisotopic (exact) mass is 285 g/mol. The van der Waals surface area contributed by atoms with Crippen LogP contribution in [0.4, 0.5) is 5.69 Å². The van der Waals surface area contributed by atoms with Crippen molar-refractivity contribution in [3.05, 3.63) is 23.8 Å². The lowest BCUT2D eigenvalue weighted by Gasteiger charge is -2.09. The number of aromatic carboxylic acids is 1. The average molecular weight is 285 g/mol. The van der Waals surface area contributed by atoms with Gasteiger partial charge in [0.2, 0.25) is 10.0 Å². The highest BCUT2D eigenvalue weighted by atomic mass is 32.2. The van der Waals surface area contributed by atoms with Crippen LogP contribution in [0, 0.1) is 5.92 Å². The van der Waals surface area contributed by atoms with E-state index >= 15 is 0 Å². The van der Waals surface area contributed by atoms with E-state index in [1.54, 1.807) is 0 Å². The highest BCUT2D eigenvalue weighted by Gasteiger charge is 2.24. The lowest BCUT2D eigenvalue weighted by molar-refractivity contribution is 0.0696. The first kappa shape index (κ1) is 13.7. The summed E-state index contributed by atoms with van der Waals surface area (Å²) in [5.41, 5.74) is -0.0979. The molecule has 0 saturated heterocycles. The van der Waals surface area contributed by atoms with E-state index in [1.807, 2.05) is 0 Å². The summed E-state index contributed by atoms with van der Waals surface area (Å²) in [5, 5.41) is 18.3. The number of anilines is 1. The number of benzene rings is 1. The SMILES string of the molecule is O=C(O)c1ccc(NS(=O)(=O)CCC2CC2)c(O)c1. The first-order chi connectivity index (χ1) is 8.87. The number of rotatable bonds is 6. The number of sulfonamides is 1. The predicted octanol–water partition coefficient (Wildman–Crippen LogP) is 1.63.